The molecule has 5 rings (SSSR count). The zero-order chi connectivity index (χ0) is 21.5. The minimum Gasteiger partial charge on any atom is -0.477 e. The van der Waals surface area contributed by atoms with Gasteiger partial charge in [0.05, 0.1) is 11.1 Å². The molecule has 3 aromatic rings. The second-order valence-electron chi connectivity index (χ2n) is 7.61. The molecule has 0 bridgehead atoms. The summed E-state index contributed by atoms with van der Waals surface area (Å²) in [6.07, 6.45) is 3.28. The zero-order valence-electron chi connectivity index (χ0n) is 16.6. The van der Waals surface area contributed by atoms with Crippen molar-refractivity contribution in [3.05, 3.63) is 76.0 Å². The Balaban J connectivity index is 1.75. The molecule has 0 saturated carbocycles. The summed E-state index contributed by atoms with van der Waals surface area (Å²) in [6.45, 7) is 2.60. The number of hydrogen-bond acceptors (Lipinski definition) is 5. The number of carbonyl (C=O) groups is 1. The molecule has 2 aromatic carbocycles. The van der Waals surface area contributed by atoms with Crippen molar-refractivity contribution in [3.8, 4) is 5.75 Å². The smallest absolute Gasteiger partial charge is 0.341 e. The third kappa shape index (κ3) is 3.25. The molecule has 2 N–H and O–H groups in total. The van der Waals surface area contributed by atoms with E-state index in [4.69, 9.17) is 4.74 Å². The highest BCUT2D eigenvalue weighted by Gasteiger charge is 2.29. The summed E-state index contributed by atoms with van der Waals surface area (Å²) < 4.78 is 22.8. The van der Waals surface area contributed by atoms with E-state index in [9.17, 15) is 14.7 Å². The number of ether oxygens (including phenoxy) is 1. The van der Waals surface area contributed by atoms with E-state index < -0.39 is 22.8 Å². The second-order valence-corrected chi connectivity index (χ2v) is 7.61. The van der Waals surface area contributed by atoms with Gasteiger partial charge >= 0.3 is 5.97 Å². The number of nitrogens with one attached hydrogen (secondary N) is 1. The van der Waals surface area contributed by atoms with Crippen molar-refractivity contribution in [3.63, 3.8) is 0 Å². The Morgan fingerprint density at radius 1 is 1.19 bits per heavy atom. The number of aromatic carboxylic acids is 1. The van der Waals surface area contributed by atoms with Crippen molar-refractivity contribution in [1.82, 2.24) is 9.88 Å². The maximum Gasteiger partial charge on any atom is 0.341 e. The van der Waals surface area contributed by atoms with Crippen molar-refractivity contribution in [2.45, 2.75) is 6.42 Å². The van der Waals surface area contributed by atoms with Crippen LogP contribution < -0.4 is 20.4 Å². The van der Waals surface area contributed by atoms with Crippen LogP contribution in [-0.2, 0) is 6.42 Å². The number of nitrogens with zero attached hydrogens (tertiary/aromatic N) is 2. The third-order valence-electron chi connectivity index (χ3n) is 5.68. The summed E-state index contributed by atoms with van der Waals surface area (Å²) >= 11 is 0. The minimum atomic E-state index is -1.35. The molecule has 1 saturated heterocycles. The number of hydrogen-bond donors (Lipinski definition) is 2. The van der Waals surface area contributed by atoms with Crippen LogP contribution in [0.5, 0.6) is 5.75 Å². The lowest BCUT2D eigenvalue weighted by Gasteiger charge is -2.33. The van der Waals surface area contributed by atoms with Gasteiger partial charge in [0.2, 0.25) is 5.43 Å². The monoisotopic (exact) mass is 421 g/mol. The SMILES string of the molecule is O=C(O)c1cn2c3c(c(N4CCNCC4)c(F)cc3c1=O)OC=C2Cc1ccccc1. The highest BCUT2D eigenvalue weighted by Crippen LogP contribution is 2.42. The topological polar surface area (TPSA) is 83.8 Å². The third-order valence-corrected chi connectivity index (χ3v) is 5.68. The Morgan fingerprint density at radius 2 is 1.94 bits per heavy atom. The number of carboxylic acid groups (broad SMARTS) is 1. The summed E-state index contributed by atoms with van der Waals surface area (Å²) in [6, 6.07) is 10.8. The number of rotatable bonds is 4. The lowest BCUT2D eigenvalue weighted by atomic mass is 10.0. The first-order chi connectivity index (χ1) is 15.0. The molecule has 0 unspecified atom stereocenters. The van der Waals surface area contributed by atoms with E-state index in [2.05, 4.69) is 5.32 Å². The van der Waals surface area contributed by atoms with E-state index in [1.807, 2.05) is 35.2 Å². The molecule has 31 heavy (non-hydrogen) atoms. The van der Waals surface area contributed by atoms with Gasteiger partial charge in [0, 0.05) is 38.8 Å². The van der Waals surface area contributed by atoms with Gasteiger partial charge in [-0.3, -0.25) is 4.79 Å². The van der Waals surface area contributed by atoms with Gasteiger partial charge in [-0.2, -0.15) is 0 Å². The van der Waals surface area contributed by atoms with E-state index in [1.165, 1.54) is 12.5 Å². The summed E-state index contributed by atoms with van der Waals surface area (Å²) in [7, 11) is 0. The van der Waals surface area contributed by atoms with E-state index in [-0.39, 0.29) is 11.1 Å². The first-order valence-corrected chi connectivity index (χ1v) is 10.1. The fourth-order valence-corrected chi connectivity index (χ4v) is 4.21. The van der Waals surface area contributed by atoms with Gasteiger partial charge in [0.15, 0.2) is 11.6 Å². The zero-order valence-corrected chi connectivity index (χ0v) is 16.6. The molecule has 1 aromatic heterocycles. The minimum absolute atomic E-state index is 0.00931. The van der Waals surface area contributed by atoms with Crippen molar-refractivity contribution >= 4 is 28.3 Å². The Hall–Kier alpha value is -3.65. The summed E-state index contributed by atoms with van der Waals surface area (Å²) in [5.74, 6) is -1.72. The summed E-state index contributed by atoms with van der Waals surface area (Å²) in [5, 5.41) is 12.8. The molecule has 3 heterocycles. The van der Waals surface area contributed by atoms with Crippen molar-refractivity contribution in [2.24, 2.45) is 0 Å². The number of aromatic nitrogens is 1. The van der Waals surface area contributed by atoms with Crippen LogP contribution in [0.25, 0.3) is 16.6 Å². The summed E-state index contributed by atoms with van der Waals surface area (Å²) in [4.78, 5) is 26.5. The van der Waals surface area contributed by atoms with Crippen LogP contribution in [0, 0.1) is 5.82 Å². The fraction of sp³-hybridized carbons (Fsp3) is 0.217. The van der Waals surface area contributed by atoms with E-state index in [1.54, 1.807) is 4.57 Å². The fourth-order valence-electron chi connectivity index (χ4n) is 4.21. The molecule has 0 amide bonds. The number of anilines is 1. The van der Waals surface area contributed by atoms with Gasteiger partial charge in [-0.05, 0) is 11.6 Å². The van der Waals surface area contributed by atoms with Crippen molar-refractivity contribution < 1.29 is 19.0 Å². The van der Waals surface area contributed by atoms with Crippen molar-refractivity contribution in [2.75, 3.05) is 31.1 Å². The Bertz CT molecular complexity index is 1280. The Labute approximate surface area is 177 Å². The largest absolute Gasteiger partial charge is 0.477 e. The van der Waals surface area contributed by atoms with Gasteiger partial charge in [0.1, 0.15) is 23.0 Å². The lowest BCUT2D eigenvalue weighted by Crippen LogP contribution is -2.44. The molecule has 2 aliphatic rings. The van der Waals surface area contributed by atoms with Gasteiger partial charge in [0.25, 0.3) is 0 Å². The molecule has 0 aliphatic carbocycles. The molecule has 158 valence electrons. The number of halogens is 1. The maximum atomic E-state index is 15.2. The molecule has 0 atom stereocenters. The number of allylic oxidation sites excluding steroid dienone is 1. The summed E-state index contributed by atoms with van der Waals surface area (Å²) in [5.41, 5.74) is 1.19. The Kier molecular flexibility index (Phi) is 4.71. The number of pyridine rings is 1. The molecule has 1 fully saturated rings. The van der Waals surface area contributed by atoms with Crippen LogP contribution in [-0.4, -0.2) is 41.8 Å². The number of benzene rings is 2. The number of carboxylic acids is 1. The van der Waals surface area contributed by atoms with Gasteiger partial charge in [-0.25, -0.2) is 9.18 Å². The molecule has 8 heteroatoms. The van der Waals surface area contributed by atoms with Crippen LogP contribution in [0.1, 0.15) is 15.9 Å². The average molecular weight is 421 g/mol. The molecular weight excluding hydrogens is 401 g/mol. The first kappa shape index (κ1) is 19.3. The van der Waals surface area contributed by atoms with E-state index in [0.717, 1.165) is 11.6 Å². The predicted molar refractivity (Wildman–Crippen MR) is 115 cm³/mol. The van der Waals surface area contributed by atoms with Gasteiger partial charge < -0.3 is 24.6 Å². The predicted octanol–water partition coefficient (Wildman–Crippen LogP) is 2.68. The standard InChI is InChI=1S/C23H20FN3O4/c24-18-11-16-19-22(20(18)26-8-6-25-7-9-26)31-13-15(10-14-4-2-1-3-5-14)27(19)12-17(21(16)28)23(29)30/h1-5,11-13,25H,6-10H2,(H,29,30). The maximum absolute atomic E-state index is 15.2. The number of piperazine rings is 1. The molecule has 7 nitrogen and oxygen atoms in total. The molecule has 0 spiro atoms. The average Bonchev–Trinajstić information content (AvgIpc) is 2.78. The highest BCUT2D eigenvalue weighted by molar-refractivity contribution is 5.99. The normalized spacial score (nSPS) is 15.5. The van der Waals surface area contributed by atoms with Gasteiger partial charge in [-0.1, -0.05) is 30.3 Å². The van der Waals surface area contributed by atoms with Crippen LogP contribution in [0.2, 0.25) is 0 Å². The van der Waals surface area contributed by atoms with E-state index >= 15 is 4.39 Å². The molecule has 0 radical (unpaired) electrons. The van der Waals surface area contributed by atoms with Crippen LogP contribution >= 0.6 is 0 Å². The molecular formula is C23H20FN3O4. The van der Waals surface area contributed by atoms with E-state index in [0.29, 0.717) is 49.5 Å². The van der Waals surface area contributed by atoms with Gasteiger partial charge in [-0.15, -0.1) is 0 Å². The van der Waals surface area contributed by atoms with Crippen LogP contribution in [0.3, 0.4) is 0 Å². The highest BCUT2D eigenvalue weighted by atomic mass is 19.1. The lowest BCUT2D eigenvalue weighted by molar-refractivity contribution is 0.0695. The van der Waals surface area contributed by atoms with Crippen LogP contribution in [0.15, 0.2) is 53.7 Å². The van der Waals surface area contributed by atoms with Crippen molar-refractivity contribution in [1.29, 1.82) is 0 Å². The second kappa shape index (κ2) is 7.55. The quantitative estimate of drug-likeness (QED) is 0.674. The Morgan fingerprint density at radius 3 is 2.65 bits per heavy atom. The van der Waals surface area contributed by atoms with Crippen LogP contribution in [0.4, 0.5) is 10.1 Å². The first-order valence-electron chi connectivity index (χ1n) is 10.1. The molecule has 2 aliphatic heterocycles.